The molecule has 0 aliphatic rings. The molecule has 7 heteroatoms. The van der Waals surface area contributed by atoms with E-state index in [1.54, 1.807) is 23.2 Å². The van der Waals surface area contributed by atoms with Crippen molar-refractivity contribution >= 4 is 27.2 Å². The average molecular weight is 332 g/mol. The molecule has 0 aliphatic heterocycles. The number of thiophene rings is 1. The summed E-state index contributed by atoms with van der Waals surface area (Å²) in [6.45, 7) is 6.04. The molecule has 1 N–H and O–H groups in total. The van der Waals surface area contributed by atoms with Crippen LogP contribution in [0.3, 0.4) is 0 Å². The number of nitrogens with one attached hydrogen (secondary N) is 1. The van der Waals surface area contributed by atoms with Gasteiger partial charge in [-0.1, -0.05) is 0 Å². The molecule has 0 bridgehead atoms. The number of hydrogen-bond donors (Lipinski definition) is 1. The van der Waals surface area contributed by atoms with E-state index in [1.165, 1.54) is 11.8 Å². The summed E-state index contributed by atoms with van der Waals surface area (Å²) in [5.41, 5.74) is 1.19. The van der Waals surface area contributed by atoms with Crippen molar-refractivity contribution < 1.29 is 13.2 Å². The van der Waals surface area contributed by atoms with Gasteiger partial charge < -0.3 is 10.2 Å². The van der Waals surface area contributed by atoms with Gasteiger partial charge in [0, 0.05) is 24.9 Å². The van der Waals surface area contributed by atoms with Crippen LogP contribution < -0.4 is 5.32 Å². The smallest absolute Gasteiger partial charge is 0.317 e. The van der Waals surface area contributed by atoms with Crippen LogP contribution in [0.4, 0.5) is 4.79 Å². The number of urea groups is 1. The van der Waals surface area contributed by atoms with Crippen LogP contribution in [-0.2, 0) is 16.3 Å². The van der Waals surface area contributed by atoms with Gasteiger partial charge in [-0.05, 0) is 49.6 Å². The molecular formula is C14H24N2O3S2. The monoisotopic (exact) mass is 332 g/mol. The van der Waals surface area contributed by atoms with Gasteiger partial charge in [-0.2, -0.15) is 11.3 Å². The van der Waals surface area contributed by atoms with Crippen molar-refractivity contribution in [2.45, 2.75) is 39.3 Å². The lowest BCUT2D eigenvalue weighted by molar-refractivity contribution is 0.184. The lowest BCUT2D eigenvalue weighted by Gasteiger charge is -2.29. The molecule has 1 aromatic rings. The second-order valence-electron chi connectivity index (χ2n) is 5.41. The van der Waals surface area contributed by atoms with Crippen LogP contribution in [0.2, 0.25) is 0 Å². The molecule has 5 nitrogen and oxygen atoms in total. The van der Waals surface area contributed by atoms with E-state index in [1.807, 2.05) is 25.3 Å². The molecule has 2 amide bonds. The largest absolute Gasteiger partial charge is 0.335 e. The van der Waals surface area contributed by atoms with Crippen LogP contribution in [0.5, 0.6) is 0 Å². The molecule has 0 aliphatic carbocycles. The lowest BCUT2D eigenvalue weighted by atomic mass is 10.1. The molecular weight excluding hydrogens is 308 g/mol. The molecule has 1 rings (SSSR count). The molecule has 0 saturated carbocycles. The molecule has 0 spiro atoms. The first-order valence-electron chi connectivity index (χ1n) is 6.99. The van der Waals surface area contributed by atoms with Gasteiger partial charge in [0.1, 0.15) is 9.84 Å². The van der Waals surface area contributed by atoms with Crippen molar-refractivity contribution in [3.05, 3.63) is 22.4 Å². The highest BCUT2D eigenvalue weighted by molar-refractivity contribution is 7.90. The molecule has 120 valence electrons. The fourth-order valence-electron chi connectivity index (χ4n) is 2.29. The third kappa shape index (κ3) is 6.48. The van der Waals surface area contributed by atoms with E-state index in [0.717, 1.165) is 6.42 Å². The molecule has 2 atom stereocenters. The summed E-state index contributed by atoms with van der Waals surface area (Å²) in [7, 11) is -3.10. The first-order chi connectivity index (χ1) is 9.73. The SMILES string of the molecule is CCN(C(=O)N[C@@H](C)Cc1ccsc1)[C@@H](C)CS(C)(=O)=O. The predicted molar refractivity (Wildman–Crippen MR) is 87.6 cm³/mol. The van der Waals surface area contributed by atoms with Crippen molar-refractivity contribution in [2.24, 2.45) is 0 Å². The van der Waals surface area contributed by atoms with Crippen LogP contribution in [0, 0.1) is 0 Å². The molecule has 0 unspecified atom stereocenters. The molecule has 21 heavy (non-hydrogen) atoms. The van der Waals surface area contributed by atoms with Gasteiger partial charge in [-0.25, -0.2) is 13.2 Å². The topological polar surface area (TPSA) is 66.5 Å². The van der Waals surface area contributed by atoms with E-state index in [2.05, 4.69) is 10.7 Å². The van der Waals surface area contributed by atoms with Crippen LogP contribution in [-0.4, -0.2) is 50.0 Å². The van der Waals surface area contributed by atoms with Crippen molar-refractivity contribution in [1.29, 1.82) is 0 Å². The number of nitrogens with zero attached hydrogens (tertiary/aromatic N) is 1. The van der Waals surface area contributed by atoms with Gasteiger partial charge in [-0.15, -0.1) is 0 Å². The predicted octanol–water partition coefficient (Wildman–Crippen LogP) is 2.14. The highest BCUT2D eigenvalue weighted by Gasteiger charge is 2.22. The summed E-state index contributed by atoms with van der Waals surface area (Å²) in [5, 5.41) is 7.00. The minimum Gasteiger partial charge on any atom is -0.335 e. The molecule has 0 saturated heterocycles. The Morgan fingerprint density at radius 2 is 2.10 bits per heavy atom. The fourth-order valence-corrected chi connectivity index (χ4v) is 4.03. The summed E-state index contributed by atoms with van der Waals surface area (Å²) < 4.78 is 22.7. The second-order valence-corrected chi connectivity index (χ2v) is 8.38. The highest BCUT2D eigenvalue weighted by atomic mass is 32.2. The maximum Gasteiger partial charge on any atom is 0.317 e. The zero-order chi connectivity index (χ0) is 16.0. The number of rotatable bonds is 7. The Morgan fingerprint density at radius 1 is 1.43 bits per heavy atom. The fraction of sp³-hybridized carbons (Fsp3) is 0.643. The highest BCUT2D eigenvalue weighted by Crippen LogP contribution is 2.09. The van der Waals surface area contributed by atoms with Crippen LogP contribution in [0.15, 0.2) is 16.8 Å². The Bertz CT molecular complexity index is 541. The third-order valence-electron chi connectivity index (χ3n) is 3.17. The van der Waals surface area contributed by atoms with Gasteiger partial charge in [-0.3, -0.25) is 0 Å². The van der Waals surface area contributed by atoms with Gasteiger partial charge in [0.05, 0.1) is 5.75 Å². The van der Waals surface area contributed by atoms with E-state index in [-0.39, 0.29) is 23.9 Å². The Labute approximate surface area is 131 Å². The summed E-state index contributed by atoms with van der Waals surface area (Å²) in [6, 6.07) is 1.50. The molecule has 1 aromatic heterocycles. The molecule has 0 fully saturated rings. The summed E-state index contributed by atoms with van der Waals surface area (Å²) in [5.74, 6) is -0.0207. The average Bonchev–Trinajstić information content (AvgIpc) is 2.79. The standard InChI is InChI=1S/C14H24N2O3S2/c1-5-16(12(3)10-21(4,18)19)14(17)15-11(2)8-13-6-7-20-9-13/h6-7,9,11-12H,5,8,10H2,1-4H3,(H,15,17)/t11-,12-/m0/s1. The Balaban J connectivity index is 2.58. The first-order valence-corrected chi connectivity index (χ1v) is 9.99. The number of hydrogen-bond acceptors (Lipinski definition) is 4. The minimum atomic E-state index is -3.10. The van der Waals surface area contributed by atoms with Gasteiger partial charge in [0.15, 0.2) is 0 Å². The number of carbonyl (C=O) groups is 1. The number of amides is 2. The maximum absolute atomic E-state index is 12.3. The summed E-state index contributed by atoms with van der Waals surface area (Å²) in [6.07, 6.45) is 1.96. The molecule has 0 radical (unpaired) electrons. The third-order valence-corrected chi connectivity index (χ3v) is 4.99. The van der Waals surface area contributed by atoms with Crippen LogP contribution >= 0.6 is 11.3 Å². The zero-order valence-electron chi connectivity index (χ0n) is 13.0. The Morgan fingerprint density at radius 3 is 2.57 bits per heavy atom. The zero-order valence-corrected chi connectivity index (χ0v) is 14.6. The Hall–Kier alpha value is -1.08. The molecule has 1 heterocycles. The van der Waals surface area contributed by atoms with Crippen molar-refractivity contribution in [2.75, 3.05) is 18.6 Å². The number of carbonyl (C=O) groups excluding carboxylic acids is 1. The van der Waals surface area contributed by atoms with E-state index in [4.69, 9.17) is 0 Å². The van der Waals surface area contributed by atoms with E-state index < -0.39 is 9.84 Å². The second kappa shape index (κ2) is 7.79. The van der Waals surface area contributed by atoms with Gasteiger partial charge >= 0.3 is 6.03 Å². The van der Waals surface area contributed by atoms with E-state index in [9.17, 15) is 13.2 Å². The lowest BCUT2D eigenvalue weighted by Crippen LogP contribution is -2.49. The van der Waals surface area contributed by atoms with Gasteiger partial charge in [0.25, 0.3) is 0 Å². The first kappa shape index (κ1) is 18.0. The van der Waals surface area contributed by atoms with Crippen LogP contribution in [0.1, 0.15) is 26.3 Å². The van der Waals surface area contributed by atoms with E-state index in [0.29, 0.717) is 6.54 Å². The summed E-state index contributed by atoms with van der Waals surface area (Å²) in [4.78, 5) is 13.8. The van der Waals surface area contributed by atoms with E-state index >= 15 is 0 Å². The van der Waals surface area contributed by atoms with Gasteiger partial charge in [0.2, 0.25) is 0 Å². The Kier molecular flexibility index (Phi) is 6.67. The minimum absolute atomic E-state index is 0.00610. The van der Waals surface area contributed by atoms with Crippen molar-refractivity contribution in [1.82, 2.24) is 10.2 Å². The maximum atomic E-state index is 12.3. The quantitative estimate of drug-likeness (QED) is 0.832. The number of sulfone groups is 1. The van der Waals surface area contributed by atoms with Crippen molar-refractivity contribution in [3.63, 3.8) is 0 Å². The normalized spacial score (nSPS) is 14.5. The molecule has 0 aromatic carbocycles. The summed E-state index contributed by atoms with van der Waals surface area (Å²) >= 11 is 1.63. The van der Waals surface area contributed by atoms with Crippen molar-refractivity contribution in [3.8, 4) is 0 Å². The van der Waals surface area contributed by atoms with Crippen LogP contribution in [0.25, 0.3) is 0 Å².